The summed E-state index contributed by atoms with van der Waals surface area (Å²) in [6.07, 6.45) is 0. The van der Waals surface area contributed by atoms with Gasteiger partial charge in [-0.05, 0) is 33.0 Å². The fraction of sp³-hybridized carbons (Fsp3) is 0.455. The lowest BCUT2D eigenvalue weighted by Crippen LogP contribution is -2.40. The van der Waals surface area contributed by atoms with Crippen molar-refractivity contribution in [2.45, 2.75) is 19.4 Å². The van der Waals surface area contributed by atoms with E-state index >= 15 is 0 Å². The van der Waals surface area contributed by atoms with Crippen molar-refractivity contribution in [3.8, 4) is 0 Å². The van der Waals surface area contributed by atoms with Gasteiger partial charge < -0.3 is 10.6 Å². The predicted molar refractivity (Wildman–Crippen MR) is 58.1 cm³/mol. The van der Waals surface area contributed by atoms with E-state index in [4.69, 9.17) is 0 Å². The quantitative estimate of drug-likeness (QED) is 0.737. The third-order valence-corrected chi connectivity index (χ3v) is 1.88. The van der Waals surface area contributed by atoms with Gasteiger partial charge in [-0.15, -0.1) is 0 Å². The van der Waals surface area contributed by atoms with Gasteiger partial charge in [0.1, 0.15) is 0 Å². The summed E-state index contributed by atoms with van der Waals surface area (Å²) in [7, 11) is 1.97. The van der Waals surface area contributed by atoms with Crippen LogP contribution >= 0.6 is 0 Å². The second-order valence-corrected chi connectivity index (χ2v) is 3.91. The van der Waals surface area contributed by atoms with E-state index in [1.807, 2.05) is 25.2 Å². The predicted octanol–water partition coefficient (Wildman–Crippen LogP) is 2.10. The van der Waals surface area contributed by atoms with Gasteiger partial charge in [0.25, 0.3) is 0 Å². The minimum Gasteiger partial charge on any atom is -0.379 e. The molecule has 0 unspecified atom stereocenters. The molecule has 0 heterocycles. The first-order valence-electron chi connectivity index (χ1n) is 4.62. The molecule has 0 atom stereocenters. The standard InChI is InChI=1S/C11H18N2/c1-11(2,9-12-3)13-10-7-5-4-6-8-10/h4-8,12-13H,9H2,1-3H3. The third-order valence-electron chi connectivity index (χ3n) is 1.88. The van der Waals surface area contributed by atoms with E-state index in [0.717, 1.165) is 6.54 Å². The van der Waals surface area contributed by atoms with Crippen LogP contribution in [0, 0.1) is 0 Å². The Labute approximate surface area is 80.4 Å². The number of para-hydroxylation sites is 1. The first-order chi connectivity index (χ1) is 6.14. The van der Waals surface area contributed by atoms with Gasteiger partial charge in [-0.25, -0.2) is 0 Å². The van der Waals surface area contributed by atoms with Crippen LogP contribution in [0.15, 0.2) is 30.3 Å². The van der Waals surface area contributed by atoms with Gasteiger partial charge in [0, 0.05) is 17.8 Å². The van der Waals surface area contributed by atoms with Gasteiger partial charge in [-0.1, -0.05) is 18.2 Å². The van der Waals surface area contributed by atoms with E-state index in [2.05, 4.69) is 36.6 Å². The molecular formula is C11H18N2. The molecule has 0 aromatic heterocycles. The average molecular weight is 178 g/mol. The van der Waals surface area contributed by atoms with Gasteiger partial charge in [-0.3, -0.25) is 0 Å². The molecule has 0 spiro atoms. The van der Waals surface area contributed by atoms with Crippen molar-refractivity contribution in [1.82, 2.24) is 5.32 Å². The van der Waals surface area contributed by atoms with Crippen LogP contribution in [0.25, 0.3) is 0 Å². The SMILES string of the molecule is CNCC(C)(C)Nc1ccccc1. The van der Waals surface area contributed by atoms with Crippen LogP contribution in [0.5, 0.6) is 0 Å². The first kappa shape index (κ1) is 10.1. The second-order valence-electron chi connectivity index (χ2n) is 3.91. The fourth-order valence-corrected chi connectivity index (χ4v) is 1.40. The molecule has 0 aliphatic heterocycles. The third kappa shape index (κ3) is 3.47. The molecule has 0 saturated heterocycles. The summed E-state index contributed by atoms with van der Waals surface area (Å²) in [6, 6.07) is 10.3. The monoisotopic (exact) mass is 178 g/mol. The molecule has 2 N–H and O–H groups in total. The maximum atomic E-state index is 3.46. The molecule has 0 fully saturated rings. The molecule has 72 valence electrons. The molecule has 1 rings (SSSR count). The molecule has 0 saturated carbocycles. The molecule has 0 aliphatic rings. The first-order valence-corrected chi connectivity index (χ1v) is 4.62. The lowest BCUT2D eigenvalue weighted by atomic mass is 10.1. The number of anilines is 1. The van der Waals surface area contributed by atoms with E-state index in [-0.39, 0.29) is 5.54 Å². The fourth-order valence-electron chi connectivity index (χ4n) is 1.40. The van der Waals surface area contributed by atoms with E-state index in [9.17, 15) is 0 Å². The molecule has 1 aromatic rings. The number of rotatable bonds is 4. The zero-order valence-corrected chi connectivity index (χ0v) is 8.59. The van der Waals surface area contributed by atoms with E-state index in [0.29, 0.717) is 0 Å². The molecule has 0 bridgehead atoms. The van der Waals surface area contributed by atoms with Crippen LogP contribution in [-0.4, -0.2) is 19.1 Å². The topological polar surface area (TPSA) is 24.1 Å². The van der Waals surface area contributed by atoms with E-state index in [1.54, 1.807) is 0 Å². The summed E-state index contributed by atoms with van der Waals surface area (Å²) >= 11 is 0. The molecule has 1 aromatic carbocycles. The van der Waals surface area contributed by atoms with Crippen molar-refractivity contribution >= 4 is 5.69 Å². The van der Waals surface area contributed by atoms with Crippen molar-refractivity contribution < 1.29 is 0 Å². The lowest BCUT2D eigenvalue weighted by Gasteiger charge is -2.27. The summed E-state index contributed by atoms with van der Waals surface area (Å²) in [5.74, 6) is 0. The highest BCUT2D eigenvalue weighted by Crippen LogP contribution is 2.13. The summed E-state index contributed by atoms with van der Waals surface area (Å²) in [6.45, 7) is 5.30. The van der Waals surface area contributed by atoms with Crippen LogP contribution in [-0.2, 0) is 0 Å². The Bertz CT molecular complexity index is 242. The molecule has 13 heavy (non-hydrogen) atoms. The van der Waals surface area contributed by atoms with Crippen molar-refractivity contribution in [1.29, 1.82) is 0 Å². The maximum Gasteiger partial charge on any atom is 0.0441 e. The lowest BCUT2D eigenvalue weighted by molar-refractivity contribution is 0.530. The molecule has 2 heteroatoms. The van der Waals surface area contributed by atoms with Crippen molar-refractivity contribution in [3.63, 3.8) is 0 Å². The highest BCUT2D eigenvalue weighted by molar-refractivity contribution is 5.44. The molecule has 0 aliphatic carbocycles. The highest BCUT2D eigenvalue weighted by atomic mass is 15.0. The summed E-state index contributed by atoms with van der Waals surface area (Å²) in [5.41, 5.74) is 1.26. The van der Waals surface area contributed by atoms with Crippen molar-refractivity contribution in [2.75, 3.05) is 18.9 Å². The van der Waals surface area contributed by atoms with Crippen LogP contribution < -0.4 is 10.6 Å². The normalized spacial score (nSPS) is 11.3. The smallest absolute Gasteiger partial charge is 0.0441 e. The zero-order valence-electron chi connectivity index (χ0n) is 8.59. The Balaban J connectivity index is 2.58. The number of hydrogen-bond donors (Lipinski definition) is 2. The van der Waals surface area contributed by atoms with Crippen LogP contribution in [0.4, 0.5) is 5.69 Å². The molecule has 2 nitrogen and oxygen atoms in total. The van der Waals surface area contributed by atoms with Crippen molar-refractivity contribution in [2.24, 2.45) is 0 Å². The molecule has 0 amide bonds. The van der Waals surface area contributed by atoms with Crippen molar-refractivity contribution in [3.05, 3.63) is 30.3 Å². The van der Waals surface area contributed by atoms with Gasteiger partial charge in [0.15, 0.2) is 0 Å². The van der Waals surface area contributed by atoms with Gasteiger partial charge in [-0.2, -0.15) is 0 Å². The highest BCUT2D eigenvalue weighted by Gasteiger charge is 2.15. The Hall–Kier alpha value is -1.02. The number of hydrogen-bond acceptors (Lipinski definition) is 2. The second kappa shape index (κ2) is 4.28. The maximum absolute atomic E-state index is 3.46. The van der Waals surface area contributed by atoms with Crippen LogP contribution in [0.2, 0.25) is 0 Å². The van der Waals surface area contributed by atoms with Gasteiger partial charge in [0.2, 0.25) is 0 Å². The minimum atomic E-state index is 0.0934. The zero-order chi connectivity index (χ0) is 9.73. The summed E-state index contributed by atoms with van der Waals surface area (Å²) in [4.78, 5) is 0. The van der Waals surface area contributed by atoms with Gasteiger partial charge in [0.05, 0.1) is 0 Å². The molecular weight excluding hydrogens is 160 g/mol. The minimum absolute atomic E-state index is 0.0934. The summed E-state index contributed by atoms with van der Waals surface area (Å²) in [5, 5.41) is 6.62. The number of nitrogens with one attached hydrogen (secondary N) is 2. The number of benzene rings is 1. The Morgan fingerprint density at radius 2 is 1.77 bits per heavy atom. The van der Waals surface area contributed by atoms with Crippen LogP contribution in [0.3, 0.4) is 0 Å². The summed E-state index contributed by atoms with van der Waals surface area (Å²) < 4.78 is 0. The molecule has 0 radical (unpaired) electrons. The Morgan fingerprint density at radius 3 is 2.31 bits per heavy atom. The Morgan fingerprint density at radius 1 is 1.15 bits per heavy atom. The van der Waals surface area contributed by atoms with Gasteiger partial charge >= 0.3 is 0 Å². The van der Waals surface area contributed by atoms with Crippen LogP contribution in [0.1, 0.15) is 13.8 Å². The largest absolute Gasteiger partial charge is 0.379 e. The van der Waals surface area contributed by atoms with E-state index < -0.39 is 0 Å². The Kier molecular flexibility index (Phi) is 3.32. The van der Waals surface area contributed by atoms with E-state index in [1.165, 1.54) is 5.69 Å². The average Bonchev–Trinajstić information content (AvgIpc) is 2.04. The number of likely N-dealkylation sites (N-methyl/N-ethyl adjacent to an activating group) is 1.